The smallest absolute Gasteiger partial charge is 0.238 e. The molecule has 0 N–H and O–H groups in total. The lowest BCUT2D eigenvalue weighted by molar-refractivity contribution is -0.123. The Balaban J connectivity index is 1.60. The van der Waals surface area contributed by atoms with E-state index in [4.69, 9.17) is 0 Å². The van der Waals surface area contributed by atoms with Crippen molar-refractivity contribution in [3.05, 3.63) is 54.6 Å². The van der Waals surface area contributed by atoms with Crippen LogP contribution in [0.3, 0.4) is 0 Å². The first-order chi connectivity index (χ1) is 10.7. The van der Waals surface area contributed by atoms with E-state index in [1.54, 1.807) is 0 Å². The number of hydrogen-bond donors (Lipinski definition) is 0. The minimum absolute atomic E-state index is 0.0119. The zero-order chi connectivity index (χ0) is 14.8. The Kier molecular flexibility index (Phi) is 2.25. The average molecular weight is 289 g/mol. The second-order valence-corrected chi connectivity index (χ2v) is 6.54. The number of fused-ring (bicyclic) bond motifs is 6. The van der Waals surface area contributed by atoms with E-state index in [9.17, 15) is 9.59 Å². The lowest BCUT2D eigenvalue weighted by Crippen LogP contribution is -2.32. The highest BCUT2D eigenvalue weighted by Crippen LogP contribution is 2.53. The van der Waals surface area contributed by atoms with Gasteiger partial charge in [-0.25, -0.2) is 4.90 Å². The number of nitrogens with zero attached hydrogens (tertiary/aromatic N) is 1. The molecule has 2 aromatic rings. The summed E-state index contributed by atoms with van der Waals surface area (Å²) < 4.78 is 0. The van der Waals surface area contributed by atoms with Crippen molar-refractivity contribution in [2.45, 2.75) is 6.42 Å². The van der Waals surface area contributed by atoms with Gasteiger partial charge in [-0.05, 0) is 41.2 Å². The minimum Gasteiger partial charge on any atom is -0.274 e. The molecule has 1 heterocycles. The van der Waals surface area contributed by atoms with Crippen LogP contribution in [-0.2, 0) is 9.59 Å². The molecule has 1 saturated heterocycles. The van der Waals surface area contributed by atoms with Crippen molar-refractivity contribution in [2.24, 2.45) is 23.7 Å². The number of rotatable bonds is 1. The molecule has 4 atom stereocenters. The molecule has 1 aliphatic heterocycles. The third kappa shape index (κ3) is 1.41. The summed E-state index contributed by atoms with van der Waals surface area (Å²) in [7, 11) is 0. The maximum atomic E-state index is 12.8. The van der Waals surface area contributed by atoms with Crippen LogP contribution in [0.1, 0.15) is 6.42 Å². The van der Waals surface area contributed by atoms with Gasteiger partial charge in [0.2, 0.25) is 11.8 Å². The van der Waals surface area contributed by atoms with Gasteiger partial charge < -0.3 is 0 Å². The first-order valence-corrected chi connectivity index (χ1v) is 7.79. The Hall–Kier alpha value is -2.42. The molecule has 1 saturated carbocycles. The van der Waals surface area contributed by atoms with Crippen LogP contribution in [0.2, 0.25) is 0 Å². The normalized spacial score (nSPS) is 32.3. The number of carbonyl (C=O) groups excluding carboxylic acids is 2. The zero-order valence-corrected chi connectivity index (χ0v) is 12.0. The molecule has 22 heavy (non-hydrogen) atoms. The van der Waals surface area contributed by atoms with Gasteiger partial charge in [0.05, 0.1) is 17.5 Å². The predicted molar refractivity (Wildman–Crippen MR) is 84.2 cm³/mol. The number of imide groups is 1. The summed E-state index contributed by atoms with van der Waals surface area (Å²) in [5.41, 5.74) is 0.711. The molecule has 3 aliphatic rings. The van der Waals surface area contributed by atoms with Crippen LogP contribution in [0.25, 0.3) is 10.8 Å². The highest BCUT2D eigenvalue weighted by atomic mass is 16.2. The molecule has 2 amide bonds. The van der Waals surface area contributed by atoms with Gasteiger partial charge in [-0.1, -0.05) is 42.5 Å². The second-order valence-electron chi connectivity index (χ2n) is 6.54. The van der Waals surface area contributed by atoms with Gasteiger partial charge in [0, 0.05) is 0 Å². The molecule has 2 fully saturated rings. The number of anilines is 1. The molecular formula is C19H15NO2. The molecule has 3 heteroatoms. The molecule has 5 rings (SSSR count). The molecule has 0 unspecified atom stereocenters. The summed E-state index contributed by atoms with van der Waals surface area (Å²) in [6, 6.07) is 13.8. The van der Waals surface area contributed by atoms with E-state index in [1.165, 1.54) is 4.90 Å². The van der Waals surface area contributed by atoms with E-state index in [0.717, 1.165) is 17.2 Å². The van der Waals surface area contributed by atoms with Crippen molar-refractivity contribution < 1.29 is 9.59 Å². The van der Waals surface area contributed by atoms with Crippen LogP contribution < -0.4 is 4.90 Å². The van der Waals surface area contributed by atoms with Crippen LogP contribution in [-0.4, -0.2) is 11.8 Å². The Morgan fingerprint density at radius 2 is 1.45 bits per heavy atom. The van der Waals surface area contributed by atoms with Crippen molar-refractivity contribution in [1.82, 2.24) is 0 Å². The fraction of sp³-hybridized carbons (Fsp3) is 0.263. The van der Waals surface area contributed by atoms with Crippen molar-refractivity contribution in [2.75, 3.05) is 4.90 Å². The molecule has 0 spiro atoms. The summed E-state index contributed by atoms with van der Waals surface area (Å²) in [6.45, 7) is 0. The van der Waals surface area contributed by atoms with E-state index in [-0.39, 0.29) is 35.5 Å². The third-order valence-corrected chi connectivity index (χ3v) is 5.46. The molecule has 2 bridgehead atoms. The fourth-order valence-electron chi connectivity index (χ4n) is 4.47. The summed E-state index contributed by atoms with van der Waals surface area (Å²) in [5, 5.41) is 2.17. The molecule has 2 aromatic carbocycles. The summed E-state index contributed by atoms with van der Waals surface area (Å²) in [5.74, 6) is 0.237. The summed E-state index contributed by atoms with van der Waals surface area (Å²) in [4.78, 5) is 27.0. The van der Waals surface area contributed by atoms with Gasteiger partial charge >= 0.3 is 0 Å². The average Bonchev–Trinajstić information content (AvgIpc) is 3.21. The van der Waals surface area contributed by atoms with E-state index in [2.05, 4.69) is 12.2 Å². The lowest BCUT2D eigenvalue weighted by atomic mass is 9.85. The van der Waals surface area contributed by atoms with E-state index in [1.807, 2.05) is 42.5 Å². The maximum absolute atomic E-state index is 12.8. The van der Waals surface area contributed by atoms with E-state index in [0.29, 0.717) is 5.69 Å². The number of allylic oxidation sites excluding steroid dienone is 2. The van der Waals surface area contributed by atoms with Crippen molar-refractivity contribution in [3.63, 3.8) is 0 Å². The number of hydrogen-bond acceptors (Lipinski definition) is 2. The Bertz CT molecular complexity index is 823. The second kappa shape index (κ2) is 4.07. The zero-order valence-electron chi connectivity index (χ0n) is 12.0. The van der Waals surface area contributed by atoms with Gasteiger partial charge in [-0.3, -0.25) is 9.59 Å². The Labute approximate surface area is 128 Å². The van der Waals surface area contributed by atoms with Crippen LogP contribution in [0.15, 0.2) is 54.6 Å². The van der Waals surface area contributed by atoms with Gasteiger partial charge in [0.1, 0.15) is 0 Å². The van der Waals surface area contributed by atoms with Gasteiger partial charge in [0.25, 0.3) is 0 Å². The number of benzene rings is 2. The Morgan fingerprint density at radius 1 is 0.818 bits per heavy atom. The van der Waals surface area contributed by atoms with Gasteiger partial charge in [-0.15, -0.1) is 0 Å². The molecule has 108 valence electrons. The van der Waals surface area contributed by atoms with Crippen molar-refractivity contribution in [1.29, 1.82) is 0 Å². The van der Waals surface area contributed by atoms with E-state index >= 15 is 0 Å². The highest BCUT2D eigenvalue weighted by molar-refractivity contribution is 6.23. The minimum atomic E-state index is -0.131. The third-order valence-electron chi connectivity index (χ3n) is 5.46. The first kappa shape index (κ1) is 12.2. The number of carbonyl (C=O) groups is 2. The highest BCUT2D eigenvalue weighted by Gasteiger charge is 2.59. The molecule has 0 radical (unpaired) electrons. The summed E-state index contributed by atoms with van der Waals surface area (Å²) in [6.07, 6.45) is 5.22. The topological polar surface area (TPSA) is 37.4 Å². The van der Waals surface area contributed by atoms with Crippen LogP contribution in [0, 0.1) is 23.7 Å². The van der Waals surface area contributed by atoms with E-state index < -0.39 is 0 Å². The maximum Gasteiger partial charge on any atom is 0.238 e. The largest absolute Gasteiger partial charge is 0.274 e. The van der Waals surface area contributed by atoms with Gasteiger partial charge in [-0.2, -0.15) is 0 Å². The molecular weight excluding hydrogens is 274 g/mol. The van der Waals surface area contributed by atoms with Crippen LogP contribution in [0.4, 0.5) is 5.69 Å². The molecule has 2 aliphatic carbocycles. The first-order valence-electron chi connectivity index (χ1n) is 7.79. The molecule has 0 aromatic heterocycles. The van der Waals surface area contributed by atoms with Crippen molar-refractivity contribution in [3.8, 4) is 0 Å². The summed E-state index contributed by atoms with van der Waals surface area (Å²) >= 11 is 0. The van der Waals surface area contributed by atoms with Gasteiger partial charge in [0.15, 0.2) is 0 Å². The predicted octanol–water partition coefficient (Wildman–Crippen LogP) is 3.15. The lowest BCUT2D eigenvalue weighted by Gasteiger charge is -2.17. The SMILES string of the molecule is O=C1[C@@H]2[C@@H](C(=O)N1c1ccc3ccccc3c1)[C@H]1C=C[C@@H]2C1. The number of amides is 2. The molecule has 3 nitrogen and oxygen atoms in total. The van der Waals surface area contributed by atoms with Crippen LogP contribution in [0.5, 0.6) is 0 Å². The van der Waals surface area contributed by atoms with Crippen LogP contribution >= 0.6 is 0 Å². The fourth-order valence-corrected chi connectivity index (χ4v) is 4.47. The Morgan fingerprint density at radius 3 is 2.14 bits per heavy atom. The standard InChI is InChI=1S/C19H15NO2/c21-18-16-13-5-6-14(9-13)17(16)19(22)20(18)15-8-7-11-3-1-2-4-12(11)10-15/h1-8,10,13-14,16-17H,9H2/t13-,14+,16-,17-/m0/s1. The monoisotopic (exact) mass is 289 g/mol. The van der Waals surface area contributed by atoms with Crippen molar-refractivity contribution >= 4 is 28.3 Å². The quantitative estimate of drug-likeness (QED) is 0.597.